The highest BCUT2D eigenvalue weighted by molar-refractivity contribution is 7.17. The summed E-state index contributed by atoms with van der Waals surface area (Å²) in [5.41, 5.74) is 5.03. The normalized spacial score (nSPS) is 12.7. The summed E-state index contributed by atoms with van der Waals surface area (Å²) in [4.78, 5) is 15.3. The molecule has 0 aliphatic carbocycles. The number of aliphatic hydroxyl groups is 1. The number of aliphatic hydroxyl groups excluding tert-OH is 1. The summed E-state index contributed by atoms with van der Waals surface area (Å²) in [5, 5.41) is 13.9. The Morgan fingerprint density at radius 2 is 1.89 bits per heavy atom. The van der Waals surface area contributed by atoms with Gasteiger partial charge in [-0.2, -0.15) is 0 Å². The molecule has 0 aliphatic heterocycles. The van der Waals surface area contributed by atoms with Crippen molar-refractivity contribution < 1.29 is 5.11 Å². The van der Waals surface area contributed by atoms with E-state index in [1.165, 1.54) is 29.7 Å². The first-order valence-corrected chi connectivity index (χ1v) is 10.3. The molecule has 0 fully saturated rings. The highest BCUT2D eigenvalue weighted by Crippen LogP contribution is 2.37. The molecule has 0 saturated heterocycles. The molecule has 0 amide bonds. The van der Waals surface area contributed by atoms with Crippen molar-refractivity contribution in [2.45, 2.75) is 39.2 Å². The van der Waals surface area contributed by atoms with Crippen LogP contribution in [-0.2, 0) is 6.61 Å². The summed E-state index contributed by atoms with van der Waals surface area (Å²) in [7, 11) is 0. The third-order valence-corrected chi connectivity index (χ3v) is 6.25. The monoisotopic (exact) mass is 377 g/mol. The summed E-state index contributed by atoms with van der Waals surface area (Å²) in [6.07, 6.45) is 2.34. The summed E-state index contributed by atoms with van der Waals surface area (Å²) >= 11 is 1.45. The van der Waals surface area contributed by atoms with Crippen LogP contribution in [0.15, 0.2) is 52.6 Å². The van der Waals surface area contributed by atoms with Crippen molar-refractivity contribution in [3.63, 3.8) is 0 Å². The van der Waals surface area contributed by atoms with Gasteiger partial charge in [-0.25, -0.2) is 0 Å². The van der Waals surface area contributed by atoms with Crippen molar-refractivity contribution in [2.24, 2.45) is 0 Å². The molecule has 1 atom stereocenters. The lowest BCUT2D eigenvalue weighted by Crippen LogP contribution is -2.05. The van der Waals surface area contributed by atoms with Crippen LogP contribution in [0.1, 0.15) is 43.7 Å². The summed E-state index contributed by atoms with van der Waals surface area (Å²) in [6.45, 7) is 4.43. The second-order valence-corrected chi connectivity index (χ2v) is 8.03. The second kappa shape index (κ2) is 7.29. The van der Waals surface area contributed by atoms with E-state index in [9.17, 15) is 9.90 Å². The quantitative estimate of drug-likeness (QED) is 0.461. The van der Waals surface area contributed by atoms with Crippen LogP contribution in [0.5, 0.6) is 0 Å². The van der Waals surface area contributed by atoms with Crippen molar-refractivity contribution in [3.8, 4) is 11.1 Å². The third-order valence-electron chi connectivity index (χ3n) is 5.34. The van der Waals surface area contributed by atoms with Gasteiger partial charge in [0.1, 0.15) is 4.70 Å². The summed E-state index contributed by atoms with van der Waals surface area (Å²) < 4.78 is 0.729. The number of pyridine rings is 1. The topological polar surface area (TPSA) is 53.1 Å². The highest BCUT2D eigenvalue weighted by Gasteiger charge is 2.15. The molecule has 0 aliphatic rings. The molecular formula is C23H23NO2S. The Balaban J connectivity index is 1.97. The van der Waals surface area contributed by atoms with Crippen molar-refractivity contribution >= 4 is 32.3 Å². The molecule has 138 valence electrons. The molecule has 4 aromatic rings. The number of hydrogen-bond acceptors (Lipinski definition) is 3. The fourth-order valence-electron chi connectivity index (χ4n) is 3.93. The van der Waals surface area contributed by atoms with Crippen molar-refractivity contribution in [2.75, 3.05) is 0 Å². The Morgan fingerprint density at radius 3 is 2.59 bits per heavy atom. The summed E-state index contributed by atoms with van der Waals surface area (Å²) in [6, 6.07) is 14.4. The van der Waals surface area contributed by atoms with Crippen LogP contribution in [0.2, 0.25) is 0 Å². The van der Waals surface area contributed by atoms with Crippen molar-refractivity contribution in [1.29, 1.82) is 0 Å². The zero-order valence-electron chi connectivity index (χ0n) is 15.6. The maximum absolute atomic E-state index is 12.3. The van der Waals surface area contributed by atoms with E-state index < -0.39 is 0 Å². The first-order valence-electron chi connectivity index (χ1n) is 9.40. The summed E-state index contributed by atoms with van der Waals surface area (Å²) in [5.74, 6) is 0.536. The lowest BCUT2D eigenvalue weighted by molar-refractivity contribution is 0.282. The first-order chi connectivity index (χ1) is 13.1. The molecule has 2 aromatic carbocycles. The van der Waals surface area contributed by atoms with Crippen LogP contribution >= 0.6 is 11.3 Å². The van der Waals surface area contributed by atoms with Gasteiger partial charge in [0, 0.05) is 16.3 Å². The van der Waals surface area contributed by atoms with Crippen LogP contribution in [0.3, 0.4) is 0 Å². The van der Waals surface area contributed by atoms with Gasteiger partial charge in [0.15, 0.2) is 0 Å². The fraction of sp³-hybridized carbons (Fsp3) is 0.261. The Kier molecular flexibility index (Phi) is 4.85. The number of H-pyrrole nitrogens is 1. The number of fused-ring (bicyclic) bond motifs is 3. The fourth-order valence-corrected chi connectivity index (χ4v) is 4.73. The standard InChI is InChI=1S/C23H23NO2S/c1-3-4-14(2)15-5-7-16(8-6-15)20-17(13-25)9-10-19-21(20)18-11-12-27-22(18)23(26)24-19/h5-12,14,25H,3-4,13H2,1-2H3,(H,24,26)/t14-/m0/s1. The zero-order chi connectivity index (χ0) is 19.0. The molecule has 0 spiro atoms. The van der Waals surface area contributed by atoms with Crippen molar-refractivity contribution in [3.05, 3.63) is 69.3 Å². The number of aromatic nitrogens is 1. The van der Waals surface area contributed by atoms with E-state index in [1.807, 2.05) is 23.6 Å². The minimum absolute atomic E-state index is 0.0377. The number of hydrogen-bond donors (Lipinski definition) is 2. The number of rotatable bonds is 5. The second-order valence-electron chi connectivity index (χ2n) is 7.11. The average Bonchev–Trinajstić information content (AvgIpc) is 3.18. The molecule has 3 nitrogen and oxygen atoms in total. The lowest BCUT2D eigenvalue weighted by Gasteiger charge is -2.15. The van der Waals surface area contributed by atoms with Gasteiger partial charge in [0.25, 0.3) is 5.56 Å². The Hall–Kier alpha value is -2.43. The molecule has 0 saturated carbocycles. The van der Waals surface area contributed by atoms with E-state index >= 15 is 0 Å². The first kappa shape index (κ1) is 18.0. The number of nitrogens with one attached hydrogen (secondary N) is 1. The van der Waals surface area contributed by atoms with Gasteiger partial charge >= 0.3 is 0 Å². The Bertz CT molecular complexity index is 1150. The van der Waals surface area contributed by atoms with E-state index in [4.69, 9.17) is 0 Å². The van der Waals surface area contributed by atoms with Gasteiger partial charge in [0.2, 0.25) is 0 Å². The predicted molar refractivity (Wildman–Crippen MR) is 115 cm³/mol. The minimum Gasteiger partial charge on any atom is -0.392 e. The van der Waals surface area contributed by atoms with Crippen LogP contribution in [0, 0.1) is 0 Å². The van der Waals surface area contributed by atoms with Crippen LogP contribution in [0.4, 0.5) is 0 Å². The predicted octanol–water partition coefficient (Wildman–Crippen LogP) is 5.81. The molecular weight excluding hydrogens is 354 g/mol. The Morgan fingerprint density at radius 1 is 1.11 bits per heavy atom. The van der Waals surface area contributed by atoms with E-state index in [-0.39, 0.29) is 12.2 Å². The van der Waals surface area contributed by atoms with E-state index in [2.05, 4.69) is 43.1 Å². The molecule has 27 heavy (non-hydrogen) atoms. The van der Waals surface area contributed by atoms with Gasteiger partial charge < -0.3 is 10.1 Å². The molecule has 0 bridgehead atoms. The molecule has 0 radical (unpaired) electrons. The zero-order valence-corrected chi connectivity index (χ0v) is 16.4. The molecule has 2 aromatic heterocycles. The smallest absolute Gasteiger partial charge is 0.266 e. The molecule has 4 rings (SSSR count). The minimum atomic E-state index is -0.0565. The van der Waals surface area contributed by atoms with Crippen LogP contribution in [-0.4, -0.2) is 10.1 Å². The van der Waals surface area contributed by atoms with Gasteiger partial charge in [0.05, 0.1) is 6.61 Å². The van der Waals surface area contributed by atoms with Gasteiger partial charge in [-0.1, -0.05) is 50.6 Å². The average molecular weight is 378 g/mol. The number of benzene rings is 2. The van der Waals surface area contributed by atoms with E-state index in [1.54, 1.807) is 0 Å². The number of aromatic amines is 1. The molecule has 0 unspecified atom stereocenters. The third kappa shape index (κ3) is 3.09. The Labute approximate surface area is 162 Å². The van der Waals surface area contributed by atoms with Crippen LogP contribution in [0.25, 0.3) is 32.1 Å². The molecule has 4 heteroatoms. The largest absolute Gasteiger partial charge is 0.392 e. The van der Waals surface area contributed by atoms with Gasteiger partial charge in [-0.05, 0) is 52.1 Å². The van der Waals surface area contributed by atoms with Crippen LogP contribution < -0.4 is 5.56 Å². The SMILES string of the molecule is CCC[C@H](C)c1ccc(-c2c(CO)ccc3[nH]c(=O)c4sccc4c23)cc1. The van der Waals surface area contributed by atoms with E-state index in [0.717, 1.165) is 37.7 Å². The number of thiophene rings is 1. The molecule has 2 N–H and O–H groups in total. The highest BCUT2D eigenvalue weighted by atomic mass is 32.1. The maximum atomic E-state index is 12.3. The maximum Gasteiger partial charge on any atom is 0.266 e. The van der Waals surface area contributed by atoms with Crippen molar-refractivity contribution in [1.82, 2.24) is 4.98 Å². The van der Waals surface area contributed by atoms with E-state index in [0.29, 0.717) is 5.92 Å². The molecule has 2 heterocycles. The van der Waals surface area contributed by atoms with Gasteiger partial charge in [-0.3, -0.25) is 4.79 Å². The lowest BCUT2D eigenvalue weighted by atomic mass is 9.91. The van der Waals surface area contributed by atoms with Gasteiger partial charge in [-0.15, -0.1) is 11.3 Å².